The lowest BCUT2D eigenvalue weighted by atomic mass is 10.0. The van der Waals surface area contributed by atoms with E-state index in [1.54, 1.807) is 9.80 Å². The number of hydrogen-bond acceptors (Lipinski definition) is 2. The van der Waals surface area contributed by atoms with Crippen LogP contribution in [0.1, 0.15) is 76.8 Å². The van der Waals surface area contributed by atoms with Gasteiger partial charge < -0.3 is 10.0 Å². The van der Waals surface area contributed by atoms with E-state index in [4.69, 9.17) is 0 Å². The Labute approximate surface area is 164 Å². The van der Waals surface area contributed by atoms with Gasteiger partial charge in [-0.05, 0) is 25.3 Å². The minimum Gasteiger partial charge on any atom is -0.393 e. The largest absolute Gasteiger partial charge is 0.393 e. The van der Waals surface area contributed by atoms with Gasteiger partial charge in [0.05, 0.1) is 18.2 Å². The average Bonchev–Trinajstić information content (AvgIpc) is 2.89. The van der Waals surface area contributed by atoms with E-state index in [0.29, 0.717) is 6.42 Å². The molecule has 1 saturated heterocycles. The molecular formula is C23H36N2O2. The molecule has 0 bridgehead atoms. The van der Waals surface area contributed by atoms with Crippen molar-refractivity contribution < 1.29 is 9.90 Å². The highest BCUT2D eigenvalue weighted by atomic mass is 16.3. The zero-order valence-corrected chi connectivity index (χ0v) is 17.2. The van der Waals surface area contributed by atoms with Gasteiger partial charge in [-0.1, -0.05) is 81.9 Å². The second-order valence-corrected chi connectivity index (χ2v) is 7.73. The number of unbranched alkanes of at least 4 members (excludes halogenated alkanes) is 5. The molecule has 1 aromatic rings. The lowest BCUT2D eigenvalue weighted by Crippen LogP contribution is -2.28. The predicted molar refractivity (Wildman–Crippen MR) is 111 cm³/mol. The molecule has 1 fully saturated rings. The fraction of sp³-hybridized carbons (Fsp3) is 0.609. The van der Waals surface area contributed by atoms with Crippen molar-refractivity contribution in [2.45, 2.75) is 83.4 Å². The summed E-state index contributed by atoms with van der Waals surface area (Å²) in [5.41, 5.74) is 1.14. The summed E-state index contributed by atoms with van der Waals surface area (Å²) < 4.78 is 0. The fourth-order valence-electron chi connectivity index (χ4n) is 3.78. The molecule has 0 unspecified atom stereocenters. The number of carbonyl (C=O) groups is 1. The fourth-order valence-corrected chi connectivity index (χ4v) is 3.78. The molecule has 2 amide bonds. The van der Waals surface area contributed by atoms with Crippen LogP contribution < -0.4 is 0 Å². The van der Waals surface area contributed by atoms with Gasteiger partial charge in [0.2, 0.25) is 0 Å². The first-order chi connectivity index (χ1) is 13.1. The normalized spacial score (nSPS) is 21.4. The first kappa shape index (κ1) is 21.5. The maximum atomic E-state index is 12.6. The van der Waals surface area contributed by atoms with Gasteiger partial charge in [0, 0.05) is 13.2 Å². The molecule has 27 heavy (non-hydrogen) atoms. The number of benzene rings is 1. The van der Waals surface area contributed by atoms with Crippen LogP contribution in [0.2, 0.25) is 0 Å². The van der Waals surface area contributed by atoms with Crippen molar-refractivity contribution in [3.63, 3.8) is 0 Å². The van der Waals surface area contributed by atoms with Crippen LogP contribution in [0.4, 0.5) is 4.79 Å². The Bertz CT molecular complexity index is 587. The number of likely N-dealkylation sites (N-methyl/N-ethyl adjacent to an activating group) is 1. The van der Waals surface area contributed by atoms with Gasteiger partial charge in [-0.15, -0.1) is 0 Å². The zero-order valence-electron chi connectivity index (χ0n) is 17.2. The van der Waals surface area contributed by atoms with Crippen LogP contribution in [0, 0.1) is 0 Å². The molecule has 4 nitrogen and oxygen atoms in total. The maximum Gasteiger partial charge on any atom is 0.324 e. The van der Waals surface area contributed by atoms with Crippen molar-refractivity contribution in [1.82, 2.24) is 9.80 Å². The first-order valence-electron chi connectivity index (χ1n) is 10.5. The van der Waals surface area contributed by atoms with Gasteiger partial charge in [0.15, 0.2) is 0 Å². The first-order valence-corrected chi connectivity index (χ1v) is 10.5. The van der Waals surface area contributed by atoms with Gasteiger partial charge in [0.1, 0.15) is 0 Å². The lowest BCUT2D eigenvalue weighted by molar-refractivity contribution is 0.163. The molecule has 1 aliphatic rings. The number of aliphatic hydroxyl groups is 1. The number of nitrogens with zero attached hydrogens (tertiary/aromatic N) is 2. The van der Waals surface area contributed by atoms with E-state index in [9.17, 15) is 9.90 Å². The molecule has 0 aliphatic carbocycles. The van der Waals surface area contributed by atoms with Crippen molar-refractivity contribution in [3.05, 3.63) is 48.2 Å². The van der Waals surface area contributed by atoms with Gasteiger partial charge in [-0.2, -0.15) is 0 Å². The number of hydrogen-bond donors (Lipinski definition) is 1. The highest BCUT2D eigenvalue weighted by molar-refractivity contribution is 5.79. The highest BCUT2D eigenvalue weighted by Gasteiger charge is 2.40. The molecule has 1 N–H and O–H groups in total. The summed E-state index contributed by atoms with van der Waals surface area (Å²) in [6, 6.07) is 10.3. The van der Waals surface area contributed by atoms with Crippen molar-refractivity contribution in [3.8, 4) is 0 Å². The summed E-state index contributed by atoms with van der Waals surface area (Å²) in [6.45, 7) is 4.30. The minimum absolute atomic E-state index is 0.00987. The maximum absolute atomic E-state index is 12.6. The SMILES string of the molecule is CCCCCCCC[C@H](O)C/C=C\N1C(=O)N(C)[C@@H](C)[C@H]1c1ccccc1. The monoisotopic (exact) mass is 372 g/mol. The quantitative estimate of drug-likeness (QED) is 0.521. The van der Waals surface area contributed by atoms with Crippen molar-refractivity contribution in [1.29, 1.82) is 0 Å². The molecule has 2 rings (SSSR count). The third kappa shape index (κ3) is 6.10. The van der Waals surface area contributed by atoms with E-state index in [-0.39, 0.29) is 24.2 Å². The molecule has 1 heterocycles. The van der Waals surface area contributed by atoms with Gasteiger partial charge in [0.25, 0.3) is 0 Å². The molecule has 0 radical (unpaired) electrons. The molecule has 1 aromatic carbocycles. The minimum atomic E-state index is -0.324. The van der Waals surface area contributed by atoms with Crippen LogP contribution in [0.15, 0.2) is 42.6 Å². The average molecular weight is 373 g/mol. The van der Waals surface area contributed by atoms with Crippen molar-refractivity contribution in [2.24, 2.45) is 0 Å². The molecule has 1 aliphatic heterocycles. The summed E-state index contributed by atoms with van der Waals surface area (Å²) >= 11 is 0. The van der Waals surface area contributed by atoms with E-state index in [2.05, 4.69) is 26.0 Å². The second kappa shape index (κ2) is 11.1. The number of aliphatic hydroxyl groups excluding tert-OH is 1. The Morgan fingerprint density at radius 1 is 1.11 bits per heavy atom. The Morgan fingerprint density at radius 2 is 1.78 bits per heavy atom. The third-order valence-electron chi connectivity index (χ3n) is 5.60. The molecule has 150 valence electrons. The van der Waals surface area contributed by atoms with Gasteiger partial charge in [-0.25, -0.2) is 4.79 Å². The van der Waals surface area contributed by atoms with E-state index >= 15 is 0 Å². The smallest absolute Gasteiger partial charge is 0.324 e. The standard InChI is InChI=1S/C23H36N2O2/c1-4-5-6-7-8-12-16-21(26)17-13-18-25-22(19(2)24(3)23(25)27)20-14-10-9-11-15-20/h9-11,13-15,18-19,21-22,26H,4-8,12,16-17H2,1-3H3/b18-13-/t19-,21-,22-/m0/s1. The summed E-state index contributed by atoms with van der Waals surface area (Å²) in [5, 5.41) is 10.2. The van der Waals surface area contributed by atoms with Crippen LogP contribution in [0.25, 0.3) is 0 Å². The zero-order chi connectivity index (χ0) is 19.6. The number of carbonyl (C=O) groups excluding carboxylic acids is 1. The Kier molecular flexibility index (Phi) is 8.86. The summed E-state index contributed by atoms with van der Waals surface area (Å²) in [6.07, 6.45) is 12.3. The topological polar surface area (TPSA) is 43.8 Å². The van der Waals surface area contributed by atoms with Gasteiger partial charge >= 0.3 is 6.03 Å². The van der Waals surface area contributed by atoms with Crippen molar-refractivity contribution >= 4 is 6.03 Å². The highest BCUT2D eigenvalue weighted by Crippen LogP contribution is 2.34. The molecule has 4 heteroatoms. The molecule has 0 spiro atoms. The Balaban J connectivity index is 1.85. The van der Waals surface area contributed by atoms with Crippen LogP contribution in [-0.2, 0) is 0 Å². The van der Waals surface area contributed by atoms with E-state index in [1.165, 1.54) is 32.1 Å². The second-order valence-electron chi connectivity index (χ2n) is 7.73. The van der Waals surface area contributed by atoms with Crippen molar-refractivity contribution in [2.75, 3.05) is 7.05 Å². The summed E-state index contributed by atoms with van der Waals surface area (Å²) in [4.78, 5) is 16.2. The Hall–Kier alpha value is -1.81. The predicted octanol–water partition coefficient (Wildman–Crippen LogP) is 5.50. The number of amides is 2. The lowest BCUT2D eigenvalue weighted by Gasteiger charge is -2.23. The number of urea groups is 1. The molecular weight excluding hydrogens is 336 g/mol. The molecule has 0 aromatic heterocycles. The van der Waals surface area contributed by atoms with Gasteiger partial charge in [-0.3, -0.25) is 4.90 Å². The Morgan fingerprint density at radius 3 is 2.48 bits per heavy atom. The summed E-state index contributed by atoms with van der Waals surface area (Å²) in [7, 11) is 1.85. The molecule has 0 saturated carbocycles. The molecule has 3 atom stereocenters. The number of rotatable bonds is 11. The van der Waals surface area contributed by atoms with Crippen LogP contribution in [0.3, 0.4) is 0 Å². The van der Waals surface area contributed by atoms with E-state index in [0.717, 1.165) is 18.4 Å². The summed E-state index contributed by atoms with van der Waals surface area (Å²) in [5.74, 6) is 0. The van der Waals surface area contributed by atoms with Crippen LogP contribution in [0.5, 0.6) is 0 Å². The van der Waals surface area contributed by atoms with Crippen LogP contribution in [-0.4, -0.2) is 40.1 Å². The van der Waals surface area contributed by atoms with Crippen LogP contribution >= 0.6 is 0 Å². The third-order valence-corrected chi connectivity index (χ3v) is 5.60. The van der Waals surface area contributed by atoms with E-state index in [1.807, 2.05) is 37.5 Å². The van der Waals surface area contributed by atoms with E-state index < -0.39 is 0 Å².